The van der Waals surface area contributed by atoms with Crippen molar-refractivity contribution in [2.75, 3.05) is 13.1 Å². The molecule has 2 aromatic carbocycles. The van der Waals surface area contributed by atoms with Crippen molar-refractivity contribution in [3.05, 3.63) is 59.7 Å². The van der Waals surface area contributed by atoms with Crippen LogP contribution in [-0.2, 0) is 20.0 Å². The summed E-state index contributed by atoms with van der Waals surface area (Å²) in [7, 11) is -7.19. The van der Waals surface area contributed by atoms with E-state index in [1.807, 2.05) is 13.8 Å². The number of sulfonamides is 2. The van der Waals surface area contributed by atoms with Crippen LogP contribution in [-0.4, -0.2) is 42.0 Å². The van der Waals surface area contributed by atoms with Gasteiger partial charge in [-0.15, -0.1) is 0 Å². The summed E-state index contributed by atoms with van der Waals surface area (Å²) in [5, 5.41) is 3.10. The standard InChI is InChI=1S/C20H29N3O4S2/c1-15-5-9-19(10-6-15)28(24,25)22-17(3)13-21-14-18(4)23-29(26,27)20-11-7-16(2)8-12-20/h5-12,17-18,21-23H,13-14H2,1-4H3/t17-,18-/m0/s1. The van der Waals surface area contributed by atoms with Crippen LogP contribution in [0, 0.1) is 13.8 Å². The van der Waals surface area contributed by atoms with Gasteiger partial charge >= 0.3 is 0 Å². The highest BCUT2D eigenvalue weighted by Gasteiger charge is 2.19. The van der Waals surface area contributed by atoms with Crippen LogP contribution >= 0.6 is 0 Å². The molecule has 2 aromatic rings. The van der Waals surface area contributed by atoms with Gasteiger partial charge in [-0.3, -0.25) is 0 Å². The second kappa shape index (κ2) is 9.82. The van der Waals surface area contributed by atoms with Crippen molar-refractivity contribution in [3.63, 3.8) is 0 Å². The highest BCUT2D eigenvalue weighted by Crippen LogP contribution is 2.11. The highest BCUT2D eigenvalue weighted by atomic mass is 32.2. The van der Waals surface area contributed by atoms with Gasteiger partial charge in [-0.25, -0.2) is 26.3 Å². The van der Waals surface area contributed by atoms with Gasteiger partial charge in [0.05, 0.1) is 9.79 Å². The molecule has 0 aliphatic rings. The third-order valence-electron chi connectivity index (χ3n) is 4.28. The van der Waals surface area contributed by atoms with Gasteiger partial charge in [-0.05, 0) is 52.0 Å². The Hall–Kier alpha value is -1.78. The number of benzene rings is 2. The molecule has 0 aliphatic heterocycles. The lowest BCUT2D eigenvalue weighted by Gasteiger charge is -2.18. The molecule has 3 N–H and O–H groups in total. The first-order valence-corrected chi connectivity index (χ1v) is 12.3. The van der Waals surface area contributed by atoms with Crippen molar-refractivity contribution < 1.29 is 16.8 Å². The summed E-state index contributed by atoms with van der Waals surface area (Å²) in [5.74, 6) is 0. The van der Waals surface area contributed by atoms with Crippen molar-refractivity contribution in [3.8, 4) is 0 Å². The summed E-state index contributed by atoms with van der Waals surface area (Å²) >= 11 is 0. The molecule has 2 atom stereocenters. The maximum Gasteiger partial charge on any atom is 0.240 e. The van der Waals surface area contributed by atoms with Crippen molar-refractivity contribution in [2.45, 2.75) is 49.6 Å². The van der Waals surface area contributed by atoms with Crippen LogP contribution in [0.25, 0.3) is 0 Å². The first-order chi connectivity index (χ1) is 13.5. The number of hydrogen-bond donors (Lipinski definition) is 3. The van der Waals surface area contributed by atoms with Gasteiger partial charge in [0.1, 0.15) is 0 Å². The molecule has 0 aromatic heterocycles. The molecule has 2 rings (SSSR count). The normalized spacial score (nSPS) is 14.5. The predicted molar refractivity (Wildman–Crippen MR) is 115 cm³/mol. The van der Waals surface area contributed by atoms with Gasteiger partial charge < -0.3 is 5.32 Å². The van der Waals surface area contributed by atoms with E-state index in [0.29, 0.717) is 13.1 Å². The van der Waals surface area contributed by atoms with Gasteiger partial charge in [0, 0.05) is 25.2 Å². The van der Waals surface area contributed by atoms with Crippen molar-refractivity contribution in [2.24, 2.45) is 0 Å². The van der Waals surface area contributed by atoms with E-state index in [1.165, 1.54) is 0 Å². The fourth-order valence-electron chi connectivity index (χ4n) is 2.70. The molecule has 0 fully saturated rings. The van der Waals surface area contributed by atoms with E-state index in [0.717, 1.165) is 11.1 Å². The third-order valence-corrected chi connectivity index (χ3v) is 7.49. The molecule has 0 saturated heterocycles. The zero-order chi connectivity index (χ0) is 21.7. The van der Waals surface area contributed by atoms with Crippen LogP contribution in [0.5, 0.6) is 0 Å². The lowest BCUT2D eigenvalue weighted by atomic mass is 10.2. The lowest BCUT2D eigenvalue weighted by molar-refractivity contribution is 0.506. The van der Waals surface area contributed by atoms with E-state index in [9.17, 15) is 16.8 Å². The van der Waals surface area contributed by atoms with Crippen LogP contribution in [0.2, 0.25) is 0 Å². The molecule has 0 amide bonds. The fourth-order valence-corrected chi connectivity index (χ4v) is 5.19. The van der Waals surface area contributed by atoms with Crippen LogP contribution < -0.4 is 14.8 Å². The van der Waals surface area contributed by atoms with Gasteiger partial charge in [-0.1, -0.05) is 35.4 Å². The summed E-state index contributed by atoms with van der Waals surface area (Å²) < 4.78 is 54.8. The molecule has 0 radical (unpaired) electrons. The topological polar surface area (TPSA) is 104 Å². The van der Waals surface area contributed by atoms with Gasteiger partial charge in [0.25, 0.3) is 0 Å². The Kier molecular flexibility index (Phi) is 7.95. The fraction of sp³-hybridized carbons (Fsp3) is 0.400. The van der Waals surface area contributed by atoms with E-state index in [-0.39, 0.29) is 21.9 Å². The summed E-state index contributed by atoms with van der Waals surface area (Å²) in [6.45, 7) is 8.01. The lowest BCUT2D eigenvalue weighted by Crippen LogP contribution is -2.45. The molecule has 160 valence electrons. The van der Waals surface area contributed by atoms with Crippen molar-refractivity contribution in [1.82, 2.24) is 14.8 Å². The Balaban J connectivity index is 1.82. The molecule has 7 nitrogen and oxygen atoms in total. The maximum atomic E-state index is 12.4. The number of rotatable bonds is 10. The monoisotopic (exact) mass is 439 g/mol. The average molecular weight is 440 g/mol. The number of nitrogens with one attached hydrogen (secondary N) is 3. The summed E-state index contributed by atoms with van der Waals surface area (Å²) in [4.78, 5) is 0.434. The van der Waals surface area contributed by atoms with Gasteiger partial charge in [-0.2, -0.15) is 0 Å². The zero-order valence-electron chi connectivity index (χ0n) is 17.1. The molecule has 0 unspecified atom stereocenters. The van der Waals surface area contributed by atoms with E-state index < -0.39 is 20.0 Å². The number of hydrogen-bond acceptors (Lipinski definition) is 5. The van der Waals surface area contributed by atoms with Crippen LogP contribution in [0.1, 0.15) is 25.0 Å². The van der Waals surface area contributed by atoms with Crippen LogP contribution in [0.15, 0.2) is 58.3 Å². The molecule has 0 saturated carbocycles. The second-order valence-corrected chi connectivity index (χ2v) is 10.8. The Morgan fingerprint density at radius 3 is 1.28 bits per heavy atom. The van der Waals surface area contributed by atoms with E-state index in [4.69, 9.17) is 0 Å². The Labute approximate surface area is 174 Å². The first kappa shape index (κ1) is 23.5. The molecule has 0 spiro atoms. The summed E-state index contributed by atoms with van der Waals surface area (Å²) in [6.07, 6.45) is 0. The van der Waals surface area contributed by atoms with E-state index in [1.54, 1.807) is 62.4 Å². The highest BCUT2D eigenvalue weighted by molar-refractivity contribution is 7.89. The Morgan fingerprint density at radius 1 is 0.655 bits per heavy atom. The smallest absolute Gasteiger partial charge is 0.240 e. The second-order valence-electron chi connectivity index (χ2n) is 7.33. The first-order valence-electron chi connectivity index (χ1n) is 9.38. The predicted octanol–water partition coefficient (Wildman–Crippen LogP) is 1.93. The zero-order valence-corrected chi connectivity index (χ0v) is 18.8. The Morgan fingerprint density at radius 2 is 0.966 bits per heavy atom. The summed E-state index contributed by atoms with van der Waals surface area (Å²) in [6, 6.07) is 12.6. The van der Waals surface area contributed by atoms with Crippen LogP contribution in [0.4, 0.5) is 0 Å². The minimum absolute atomic E-state index is 0.217. The number of aryl methyl sites for hydroxylation is 2. The summed E-state index contributed by atoms with van der Waals surface area (Å²) in [5.41, 5.74) is 1.97. The SMILES string of the molecule is Cc1ccc(S(=O)(=O)N[C@@H](C)CNC[C@H](C)NS(=O)(=O)c2ccc(C)cc2)cc1. The third kappa shape index (κ3) is 7.20. The molecule has 0 heterocycles. The molecule has 0 aliphatic carbocycles. The minimum atomic E-state index is -3.60. The molecular formula is C20H29N3O4S2. The molecule has 0 bridgehead atoms. The maximum absolute atomic E-state index is 12.4. The Bertz CT molecular complexity index is 919. The van der Waals surface area contributed by atoms with Crippen LogP contribution in [0.3, 0.4) is 0 Å². The molecular weight excluding hydrogens is 410 g/mol. The van der Waals surface area contributed by atoms with Gasteiger partial charge in [0.15, 0.2) is 0 Å². The minimum Gasteiger partial charge on any atom is -0.314 e. The largest absolute Gasteiger partial charge is 0.314 e. The van der Waals surface area contributed by atoms with E-state index in [2.05, 4.69) is 14.8 Å². The molecule has 9 heteroatoms. The molecule has 29 heavy (non-hydrogen) atoms. The average Bonchev–Trinajstić information content (AvgIpc) is 2.61. The quantitative estimate of drug-likeness (QED) is 0.525. The van der Waals surface area contributed by atoms with Crippen molar-refractivity contribution >= 4 is 20.0 Å². The van der Waals surface area contributed by atoms with Crippen molar-refractivity contribution in [1.29, 1.82) is 0 Å². The van der Waals surface area contributed by atoms with E-state index >= 15 is 0 Å². The van der Waals surface area contributed by atoms with Gasteiger partial charge in [0.2, 0.25) is 20.0 Å².